The van der Waals surface area contributed by atoms with Crippen molar-refractivity contribution in [1.29, 1.82) is 5.41 Å². The third-order valence-electron chi connectivity index (χ3n) is 2.91. The van der Waals surface area contributed by atoms with Crippen molar-refractivity contribution in [2.24, 2.45) is 0 Å². The van der Waals surface area contributed by atoms with E-state index in [1.165, 1.54) is 12.6 Å². The smallest absolute Gasteiger partial charge is 0.127 e. The summed E-state index contributed by atoms with van der Waals surface area (Å²) in [6.45, 7) is 0.811. The lowest BCUT2D eigenvalue weighted by atomic mass is 10.1. The minimum atomic E-state index is 0.0528. The van der Waals surface area contributed by atoms with Gasteiger partial charge in [-0.3, -0.25) is 0 Å². The van der Waals surface area contributed by atoms with E-state index in [2.05, 4.69) is 21.2 Å². The van der Waals surface area contributed by atoms with Gasteiger partial charge in [0, 0.05) is 28.6 Å². The van der Waals surface area contributed by atoms with Crippen LogP contribution < -0.4 is 5.32 Å². The van der Waals surface area contributed by atoms with E-state index >= 15 is 0 Å². The van der Waals surface area contributed by atoms with Gasteiger partial charge in [0.05, 0.1) is 0 Å². The van der Waals surface area contributed by atoms with E-state index in [1.807, 2.05) is 24.3 Å². The van der Waals surface area contributed by atoms with E-state index in [0.29, 0.717) is 0 Å². The number of ether oxygens (including phenoxy) is 1. The van der Waals surface area contributed by atoms with E-state index in [4.69, 9.17) is 10.1 Å². The van der Waals surface area contributed by atoms with E-state index in [0.717, 1.165) is 35.2 Å². The van der Waals surface area contributed by atoms with Gasteiger partial charge < -0.3 is 15.5 Å². The number of hydrogen-bond acceptors (Lipinski definition) is 3. The lowest BCUT2D eigenvalue weighted by molar-refractivity contribution is 0.00533. The van der Waals surface area contributed by atoms with E-state index in [-0.39, 0.29) is 6.23 Å². The Morgan fingerprint density at radius 2 is 2.22 bits per heavy atom. The van der Waals surface area contributed by atoms with Crippen LogP contribution in [0.25, 0.3) is 5.70 Å². The number of rotatable bonds is 4. The second-order valence-corrected chi connectivity index (χ2v) is 5.08. The van der Waals surface area contributed by atoms with Crippen molar-refractivity contribution in [2.45, 2.75) is 25.5 Å². The highest BCUT2D eigenvalue weighted by molar-refractivity contribution is 9.10. The predicted molar refractivity (Wildman–Crippen MR) is 77.6 cm³/mol. The van der Waals surface area contributed by atoms with Gasteiger partial charge in [0.2, 0.25) is 0 Å². The summed E-state index contributed by atoms with van der Waals surface area (Å²) in [5.74, 6) is 0. The Kier molecular flexibility index (Phi) is 4.96. The fraction of sp³-hybridized carbons (Fsp3) is 0.357. The highest BCUT2D eigenvalue weighted by Gasteiger charge is 2.15. The molecule has 1 aliphatic rings. The molecule has 1 heterocycles. The molecule has 1 aromatic carbocycles. The zero-order chi connectivity index (χ0) is 12.8. The monoisotopic (exact) mass is 308 g/mol. The second-order valence-electron chi connectivity index (χ2n) is 4.23. The maximum atomic E-state index is 7.27. The fourth-order valence-electron chi connectivity index (χ4n) is 2.01. The van der Waals surface area contributed by atoms with Crippen LogP contribution in [-0.2, 0) is 4.74 Å². The minimum Gasteiger partial charge on any atom is -0.360 e. The molecule has 4 heteroatoms. The van der Waals surface area contributed by atoms with Crippen LogP contribution in [0, 0.1) is 5.41 Å². The first kappa shape index (κ1) is 13.3. The van der Waals surface area contributed by atoms with Crippen LogP contribution in [0.4, 0.5) is 0 Å². The molecule has 0 saturated carbocycles. The summed E-state index contributed by atoms with van der Waals surface area (Å²) in [7, 11) is 0. The summed E-state index contributed by atoms with van der Waals surface area (Å²) in [5, 5.41) is 10.6. The molecule has 3 nitrogen and oxygen atoms in total. The van der Waals surface area contributed by atoms with E-state index < -0.39 is 0 Å². The molecule has 2 rings (SSSR count). The summed E-state index contributed by atoms with van der Waals surface area (Å²) >= 11 is 3.53. The van der Waals surface area contributed by atoms with Gasteiger partial charge in [-0.05, 0) is 31.4 Å². The topological polar surface area (TPSA) is 45.1 Å². The molecular weight excluding hydrogens is 292 g/mol. The van der Waals surface area contributed by atoms with Gasteiger partial charge in [-0.15, -0.1) is 0 Å². The van der Waals surface area contributed by atoms with Gasteiger partial charge in [-0.1, -0.05) is 34.1 Å². The maximum Gasteiger partial charge on any atom is 0.127 e. The van der Waals surface area contributed by atoms with Gasteiger partial charge >= 0.3 is 0 Å². The largest absolute Gasteiger partial charge is 0.360 e. The molecular formula is C14H17BrN2O. The van der Waals surface area contributed by atoms with Crippen molar-refractivity contribution >= 4 is 27.8 Å². The third kappa shape index (κ3) is 3.43. The van der Waals surface area contributed by atoms with Crippen LogP contribution >= 0.6 is 15.9 Å². The fourth-order valence-corrected chi connectivity index (χ4v) is 2.50. The Morgan fingerprint density at radius 3 is 2.89 bits per heavy atom. The molecule has 1 atom stereocenters. The van der Waals surface area contributed by atoms with Crippen molar-refractivity contribution < 1.29 is 4.74 Å². The number of allylic oxidation sites excluding steroid dienone is 1. The molecule has 0 radical (unpaired) electrons. The van der Waals surface area contributed by atoms with Crippen molar-refractivity contribution in [2.75, 3.05) is 6.61 Å². The van der Waals surface area contributed by atoms with Gasteiger partial charge in [0.25, 0.3) is 0 Å². The van der Waals surface area contributed by atoms with Gasteiger partial charge in [-0.25, -0.2) is 0 Å². The highest BCUT2D eigenvalue weighted by atomic mass is 79.9. The van der Waals surface area contributed by atoms with Crippen molar-refractivity contribution in [3.8, 4) is 0 Å². The van der Waals surface area contributed by atoms with Crippen LogP contribution in [0.2, 0.25) is 0 Å². The molecule has 0 bridgehead atoms. The molecule has 18 heavy (non-hydrogen) atoms. The molecule has 1 unspecified atom stereocenters. The molecule has 0 aromatic heterocycles. The molecule has 1 fully saturated rings. The second kappa shape index (κ2) is 6.71. The van der Waals surface area contributed by atoms with Crippen LogP contribution in [0.5, 0.6) is 0 Å². The van der Waals surface area contributed by atoms with Crippen LogP contribution in [0.1, 0.15) is 24.8 Å². The highest BCUT2D eigenvalue weighted by Crippen LogP contribution is 2.23. The number of halogens is 1. The Hall–Kier alpha value is -1.13. The molecule has 96 valence electrons. The Morgan fingerprint density at radius 1 is 1.39 bits per heavy atom. The quantitative estimate of drug-likeness (QED) is 0.835. The van der Waals surface area contributed by atoms with Crippen molar-refractivity contribution in [1.82, 2.24) is 5.32 Å². The van der Waals surface area contributed by atoms with Crippen molar-refractivity contribution in [3.63, 3.8) is 0 Å². The average Bonchev–Trinajstić information content (AvgIpc) is 2.40. The first-order valence-electron chi connectivity index (χ1n) is 6.15. The van der Waals surface area contributed by atoms with E-state index in [9.17, 15) is 0 Å². The van der Waals surface area contributed by atoms with Gasteiger partial charge in [0.15, 0.2) is 0 Å². The Labute approximate surface area is 116 Å². The summed E-state index contributed by atoms with van der Waals surface area (Å²) < 4.78 is 6.69. The van der Waals surface area contributed by atoms with Crippen LogP contribution in [0.15, 0.2) is 34.8 Å². The molecule has 1 aliphatic heterocycles. The van der Waals surface area contributed by atoms with Crippen LogP contribution in [0.3, 0.4) is 0 Å². The zero-order valence-corrected chi connectivity index (χ0v) is 11.7. The summed E-state index contributed by atoms with van der Waals surface area (Å²) in [6.07, 6.45) is 6.45. The maximum absolute atomic E-state index is 7.27. The average molecular weight is 309 g/mol. The number of hydrogen-bond donors (Lipinski definition) is 2. The van der Waals surface area contributed by atoms with Crippen LogP contribution in [-0.4, -0.2) is 19.0 Å². The lowest BCUT2D eigenvalue weighted by Gasteiger charge is -2.26. The normalized spacial score (nSPS) is 20.5. The Balaban J connectivity index is 2.16. The molecule has 0 spiro atoms. The number of benzene rings is 1. The lowest BCUT2D eigenvalue weighted by Crippen LogP contribution is -2.33. The summed E-state index contributed by atoms with van der Waals surface area (Å²) in [5.41, 5.74) is 1.97. The molecule has 0 aliphatic carbocycles. The zero-order valence-electron chi connectivity index (χ0n) is 10.2. The first-order chi connectivity index (χ1) is 8.81. The minimum absolute atomic E-state index is 0.0528. The van der Waals surface area contributed by atoms with Gasteiger partial charge in [0.1, 0.15) is 6.23 Å². The SMILES string of the molecule is N=C/C=C(\NC1CCCCO1)c1ccccc1Br. The van der Waals surface area contributed by atoms with E-state index in [1.54, 1.807) is 6.08 Å². The summed E-state index contributed by atoms with van der Waals surface area (Å²) in [4.78, 5) is 0. The molecule has 1 saturated heterocycles. The molecule has 0 amide bonds. The standard InChI is InChI=1S/C14H17BrN2O/c15-12-6-2-1-5-11(12)13(8-9-16)17-14-7-3-4-10-18-14/h1-2,5-6,8-9,14,16-17H,3-4,7,10H2/b13-8-,16-9?. The molecule has 2 N–H and O–H groups in total. The summed E-state index contributed by atoms with van der Waals surface area (Å²) in [6, 6.07) is 7.99. The van der Waals surface area contributed by atoms with Gasteiger partial charge in [-0.2, -0.15) is 0 Å². The predicted octanol–water partition coefficient (Wildman–Crippen LogP) is 3.56. The number of nitrogens with one attached hydrogen (secondary N) is 2. The first-order valence-corrected chi connectivity index (χ1v) is 6.94. The Bertz CT molecular complexity index is 439. The molecule has 1 aromatic rings. The third-order valence-corrected chi connectivity index (χ3v) is 3.60. The van der Waals surface area contributed by atoms with Crippen molar-refractivity contribution in [3.05, 3.63) is 40.4 Å².